The molecule has 0 atom stereocenters. The third-order valence-electron chi connectivity index (χ3n) is 6.78. The maximum atomic E-state index is 13.4. The summed E-state index contributed by atoms with van der Waals surface area (Å²) in [5, 5.41) is 6.82. The topological polar surface area (TPSA) is 156 Å². The predicted octanol–water partition coefficient (Wildman–Crippen LogP) is 1.43. The van der Waals surface area contributed by atoms with Crippen molar-refractivity contribution in [3.8, 4) is 11.3 Å². The maximum Gasteiger partial charge on any atom is 0.331 e. The molecule has 0 radical (unpaired) electrons. The van der Waals surface area contributed by atoms with Gasteiger partial charge in [-0.3, -0.25) is 9.36 Å². The van der Waals surface area contributed by atoms with Gasteiger partial charge in [-0.1, -0.05) is 0 Å². The average molecular weight is 529 g/mol. The molecule has 3 aromatic heterocycles. The molecule has 6 rings (SSSR count). The number of hydrogen-bond donors (Lipinski definition) is 3. The van der Waals surface area contributed by atoms with E-state index in [0.717, 1.165) is 13.1 Å². The number of anilines is 3. The minimum absolute atomic E-state index is 0.0164. The maximum absolute atomic E-state index is 13.4. The highest BCUT2D eigenvalue weighted by molar-refractivity contribution is 6.01. The number of nitrogens with one attached hydrogen (secondary N) is 2. The number of morpholine rings is 1. The third kappa shape index (κ3) is 5.09. The zero-order valence-electron chi connectivity index (χ0n) is 21.2. The van der Waals surface area contributed by atoms with Crippen molar-refractivity contribution >= 4 is 40.6 Å². The summed E-state index contributed by atoms with van der Waals surface area (Å²) in [6.45, 7) is 5.33. The van der Waals surface area contributed by atoms with Crippen LogP contribution in [0.3, 0.4) is 0 Å². The Kier molecular flexibility index (Phi) is 6.73. The van der Waals surface area contributed by atoms with Gasteiger partial charge >= 0.3 is 6.03 Å². The summed E-state index contributed by atoms with van der Waals surface area (Å²) in [6.07, 6.45) is 4.86. The molecule has 200 valence electrons. The minimum Gasteiger partial charge on any atom is -0.378 e. The van der Waals surface area contributed by atoms with E-state index in [1.807, 2.05) is 9.80 Å². The van der Waals surface area contributed by atoms with E-state index in [1.165, 1.54) is 4.57 Å². The van der Waals surface area contributed by atoms with Crippen LogP contribution in [0.1, 0.15) is 10.4 Å². The molecule has 0 bridgehead atoms. The number of carbonyl (C=O) groups excluding carboxylic acids is 2. The molecule has 4 aromatic rings. The first kappa shape index (κ1) is 24.7. The van der Waals surface area contributed by atoms with Crippen LogP contribution in [0.4, 0.5) is 22.4 Å². The third-order valence-corrected chi connectivity index (χ3v) is 6.78. The zero-order chi connectivity index (χ0) is 26.8. The molecule has 2 amide bonds. The van der Waals surface area contributed by atoms with E-state index in [-0.39, 0.29) is 11.9 Å². The van der Waals surface area contributed by atoms with Crippen LogP contribution in [0.2, 0.25) is 0 Å². The van der Waals surface area contributed by atoms with E-state index in [9.17, 15) is 9.59 Å². The molecule has 0 unspecified atom stereocenters. The number of rotatable bonds is 4. The molecule has 0 spiro atoms. The average Bonchev–Trinajstić information content (AvgIpc) is 3.42. The van der Waals surface area contributed by atoms with Gasteiger partial charge in [-0.05, 0) is 30.3 Å². The fourth-order valence-electron chi connectivity index (χ4n) is 4.68. The van der Waals surface area contributed by atoms with Gasteiger partial charge in [0.25, 0.3) is 5.91 Å². The Morgan fingerprint density at radius 1 is 0.949 bits per heavy atom. The van der Waals surface area contributed by atoms with Crippen LogP contribution in [-0.4, -0.2) is 93.8 Å². The number of nitrogens with zero attached hydrogens (tertiary/aromatic N) is 7. The van der Waals surface area contributed by atoms with Crippen LogP contribution in [0.25, 0.3) is 22.3 Å². The molecule has 4 N–H and O–H groups in total. The molecule has 13 heteroatoms. The van der Waals surface area contributed by atoms with Crippen molar-refractivity contribution in [2.45, 2.75) is 0 Å². The second-order valence-electron chi connectivity index (χ2n) is 9.27. The fourth-order valence-corrected chi connectivity index (χ4v) is 4.68. The number of benzene rings is 1. The summed E-state index contributed by atoms with van der Waals surface area (Å²) in [4.78, 5) is 47.7. The number of fused-ring (bicyclic) bond motifs is 1. The van der Waals surface area contributed by atoms with Crippen LogP contribution in [0, 0.1) is 0 Å². The summed E-state index contributed by atoms with van der Waals surface area (Å²) in [7, 11) is 0. The number of piperazine rings is 1. The highest BCUT2D eigenvalue weighted by Gasteiger charge is 2.22. The number of amides is 2. The van der Waals surface area contributed by atoms with Crippen molar-refractivity contribution in [2.24, 2.45) is 0 Å². The Morgan fingerprint density at radius 2 is 1.67 bits per heavy atom. The molecule has 1 aromatic carbocycles. The van der Waals surface area contributed by atoms with Crippen molar-refractivity contribution in [1.82, 2.24) is 34.7 Å². The fraction of sp³-hybridized carbons (Fsp3) is 0.308. The highest BCUT2D eigenvalue weighted by atomic mass is 16.5. The monoisotopic (exact) mass is 528 g/mol. The molecule has 2 saturated heterocycles. The van der Waals surface area contributed by atoms with E-state index in [0.29, 0.717) is 78.9 Å². The van der Waals surface area contributed by atoms with Crippen LogP contribution in [-0.2, 0) is 4.74 Å². The SMILES string of the molecule is Nc1ncc(-c2nc(N3CCOCC3)nc3c2ccn3C(=O)Nc2ccc(C(=O)N3CCNCC3)cc2)cn1. The molecular formula is C26H28N10O3. The van der Waals surface area contributed by atoms with Gasteiger partial charge in [0.05, 0.1) is 18.9 Å². The van der Waals surface area contributed by atoms with Gasteiger partial charge in [0, 0.05) is 80.1 Å². The molecule has 2 aliphatic rings. The van der Waals surface area contributed by atoms with Gasteiger partial charge in [0.2, 0.25) is 11.9 Å². The van der Waals surface area contributed by atoms with Gasteiger partial charge in [-0.15, -0.1) is 0 Å². The van der Waals surface area contributed by atoms with Crippen molar-refractivity contribution in [3.05, 3.63) is 54.5 Å². The summed E-state index contributed by atoms with van der Waals surface area (Å²) in [5.74, 6) is 0.633. The summed E-state index contributed by atoms with van der Waals surface area (Å²) < 4.78 is 6.93. The molecule has 0 aliphatic carbocycles. The number of nitrogen functional groups attached to an aromatic ring is 1. The van der Waals surface area contributed by atoms with Gasteiger partial charge < -0.3 is 30.9 Å². The Morgan fingerprint density at radius 3 is 2.38 bits per heavy atom. The molecule has 39 heavy (non-hydrogen) atoms. The first-order valence-corrected chi connectivity index (χ1v) is 12.8. The Labute approximate surface area is 224 Å². The van der Waals surface area contributed by atoms with Crippen molar-refractivity contribution in [2.75, 3.05) is 68.4 Å². The van der Waals surface area contributed by atoms with E-state index < -0.39 is 6.03 Å². The lowest BCUT2D eigenvalue weighted by molar-refractivity contribution is 0.0736. The Bertz CT molecular complexity index is 1490. The number of carbonyl (C=O) groups is 2. The van der Waals surface area contributed by atoms with E-state index in [2.05, 4.69) is 20.6 Å². The van der Waals surface area contributed by atoms with Gasteiger partial charge in [0.1, 0.15) is 0 Å². The smallest absolute Gasteiger partial charge is 0.331 e. The number of aromatic nitrogens is 5. The van der Waals surface area contributed by atoms with Crippen LogP contribution < -0.4 is 21.3 Å². The summed E-state index contributed by atoms with van der Waals surface area (Å²) in [5.41, 5.74) is 8.54. The molecular weight excluding hydrogens is 500 g/mol. The quantitative estimate of drug-likeness (QED) is 0.354. The standard InChI is InChI=1S/C26H28N10O3/c27-24-29-15-18(16-30-24)21-20-5-8-36(22(20)33-25(32-21)35-11-13-39-14-12-35)26(38)31-19-3-1-17(2-4-19)23(37)34-9-6-28-7-10-34/h1-5,8,15-16,28H,6-7,9-14H2,(H,31,38)(H2,27,29,30). The van der Waals surface area contributed by atoms with Gasteiger partial charge in [-0.2, -0.15) is 4.98 Å². The van der Waals surface area contributed by atoms with Gasteiger partial charge in [0.15, 0.2) is 5.65 Å². The summed E-state index contributed by atoms with van der Waals surface area (Å²) in [6, 6.07) is 8.31. The lowest BCUT2D eigenvalue weighted by Crippen LogP contribution is -2.46. The molecule has 13 nitrogen and oxygen atoms in total. The molecule has 5 heterocycles. The lowest BCUT2D eigenvalue weighted by atomic mass is 10.1. The lowest BCUT2D eigenvalue weighted by Gasteiger charge is -2.27. The Balaban J connectivity index is 1.29. The van der Waals surface area contributed by atoms with Crippen molar-refractivity contribution in [3.63, 3.8) is 0 Å². The second-order valence-corrected chi connectivity index (χ2v) is 9.27. The van der Waals surface area contributed by atoms with Crippen molar-refractivity contribution in [1.29, 1.82) is 0 Å². The highest BCUT2D eigenvalue weighted by Crippen LogP contribution is 2.29. The summed E-state index contributed by atoms with van der Waals surface area (Å²) >= 11 is 0. The first-order chi connectivity index (χ1) is 19.1. The second kappa shape index (κ2) is 10.6. The first-order valence-electron chi connectivity index (χ1n) is 12.8. The van der Waals surface area contributed by atoms with Crippen LogP contribution in [0.5, 0.6) is 0 Å². The number of nitrogens with two attached hydrogens (primary N) is 1. The normalized spacial score (nSPS) is 15.9. The van der Waals surface area contributed by atoms with Crippen LogP contribution >= 0.6 is 0 Å². The van der Waals surface area contributed by atoms with E-state index >= 15 is 0 Å². The van der Waals surface area contributed by atoms with Crippen molar-refractivity contribution < 1.29 is 14.3 Å². The van der Waals surface area contributed by atoms with E-state index in [1.54, 1.807) is 48.9 Å². The molecule has 2 aliphatic heterocycles. The van der Waals surface area contributed by atoms with E-state index in [4.69, 9.17) is 20.4 Å². The predicted molar refractivity (Wildman–Crippen MR) is 146 cm³/mol. The number of ether oxygens (including phenoxy) is 1. The molecule has 0 saturated carbocycles. The molecule has 2 fully saturated rings. The number of hydrogen-bond acceptors (Lipinski definition) is 10. The van der Waals surface area contributed by atoms with Gasteiger partial charge in [-0.25, -0.2) is 19.7 Å². The van der Waals surface area contributed by atoms with Crippen LogP contribution in [0.15, 0.2) is 48.9 Å². The largest absolute Gasteiger partial charge is 0.378 e. The Hall–Kier alpha value is -4.62. The minimum atomic E-state index is -0.391. The zero-order valence-corrected chi connectivity index (χ0v) is 21.2.